The number of benzene rings is 4. The zero-order chi connectivity index (χ0) is 36.3. The van der Waals surface area contributed by atoms with Gasteiger partial charge in [0.25, 0.3) is 0 Å². The van der Waals surface area contributed by atoms with Crippen molar-refractivity contribution >= 4 is 90.3 Å². The minimum absolute atomic E-state index is 0.0428. The van der Waals surface area contributed by atoms with E-state index in [1.165, 1.54) is 45.9 Å². The van der Waals surface area contributed by atoms with Gasteiger partial charge in [-0.05, 0) is 126 Å². The van der Waals surface area contributed by atoms with Gasteiger partial charge in [0.05, 0.1) is 0 Å². The van der Waals surface area contributed by atoms with Crippen LogP contribution >= 0.6 is 69.1 Å². The first-order valence-corrected chi connectivity index (χ1v) is 32.3. The fraction of sp³-hybridized carbons (Fsp3) is 0.429. The molecule has 0 bridgehead atoms. The van der Waals surface area contributed by atoms with E-state index in [1.807, 2.05) is 0 Å². The molecular weight excluding hydrogens is 754 g/mol. The lowest BCUT2D eigenvalue weighted by Crippen LogP contribution is -2.39. The molecule has 0 saturated carbocycles. The third kappa shape index (κ3) is 12.3. The van der Waals surface area contributed by atoms with Crippen LogP contribution in [0.2, 0.25) is 0 Å². The Balaban J connectivity index is 1.71. The van der Waals surface area contributed by atoms with E-state index in [-0.39, 0.29) is 42.5 Å². The van der Waals surface area contributed by atoms with Crippen molar-refractivity contribution in [3.8, 4) is 0 Å². The van der Waals surface area contributed by atoms with Crippen molar-refractivity contribution in [2.75, 3.05) is 78.0 Å². The maximum atomic E-state index is 2.69. The van der Waals surface area contributed by atoms with E-state index in [4.69, 9.17) is 0 Å². The van der Waals surface area contributed by atoms with Gasteiger partial charge in [-0.15, -0.1) is 15.8 Å². The first-order chi connectivity index (χ1) is 23.8. The lowest BCUT2D eigenvalue weighted by molar-refractivity contribution is 0.471. The molecule has 0 aromatic heterocycles. The maximum absolute atomic E-state index is 2.69. The zero-order valence-electron chi connectivity index (χ0n) is 32.0. The summed E-state index contributed by atoms with van der Waals surface area (Å²) in [5.41, 5.74) is 0.515. The van der Waals surface area contributed by atoms with Gasteiger partial charge in [0.2, 0.25) is 0 Å². The molecule has 0 aliphatic rings. The Morgan fingerprint density at radius 1 is 0.400 bits per heavy atom. The van der Waals surface area contributed by atoms with Gasteiger partial charge in [-0.1, -0.05) is 173 Å². The lowest BCUT2D eigenvalue weighted by Gasteiger charge is -2.46. The van der Waals surface area contributed by atoms with Crippen molar-refractivity contribution in [1.82, 2.24) is 0 Å². The average molecular weight is 815 g/mol. The van der Waals surface area contributed by atoms with Gasteiger partial charge in [-0.25, -0.2) is 0 Å². The number of hydrogen-bond acceptors (Lipinski definition) is 2. The lowest BCUT2D eigenvalue weighted by atomic mass is 9.99. The van der Waals surface area contributed by atoms with Gasteiger partial charge in [0, 0.05) is 9.98 Å². The summed E-state index contributed by atoms with van der Waals surface area (Å²) in [5, 5.41) is 6.09. The van der Waals surface area contributed by atoms with Gasteiger partial charge in [-0.2, -0.15) is 0 Å². The summed E-state index contributed by atoms with van der Waals surface area (Å²) >= 11 is 0. The van der Waals surface area contributed by atoms with Gasteiger partial charge in [0.1, 0.15) is 0 Å². The van der Waals surface area contributed by atoms with Gasteiger partial charge >= 0.3 is 0 Å². The molecule has 4 aromatic carbocycles. The van der Waals surface area contributed by atoms with E-state index >= 15 is 0 Å². The summed E-state index contributed by atoms with van der Waals surface area (Å²) in [6, 6.07) is 45.8. The summed E-state index contributed by atoms with van der Waals surface area (Å²) in [4.78, 5) is 1.28. The monoisotopic (exact) mass is 814 g/mol. The van der Waals surface area contributed by atoms with Crippen LogP contribution in [0.4, 0.5) is 0 Å². The van der Waals surface area contributed by atoms with Crippen molar-refractivity contribution in [3.63, 3.8) is 0 Å². The highest BCUT2D eigenvalue weighted by molar-refractivity contribution is 8.78. The molecule has 0 spiro atoms. The summed E-state index contributed by atoms with van der Waals surface area (Å²) in [6.07, 6.45) is 5.17. The minimum Gasteiger partial charge on any atom is -0.113 e. The Labute approximate surface area is 322 Å². The summed E-state index contributed by atoms with van der Waals surface area (Å²) < 4.78 is 0. The Hall–Kier alpha value is 0.160. The van der Waals surface area contributed by atoms with E-state index < -0.39 is 15.8 Å². The van der Waals surface area contributed by atoms with Crippen LogP contribution in [0.25, 0.3) is 0 Å². The Morgan fingerprint density at radius 2 is 0.640 bits per heavy atom. The first kappa shape index (κ1) is 42.9. The van der Waals surface area contributed by atoms with Crippen LogP contribution in [-0.2, 0) is 0 Å². The van der Waals surface area contributed by atoms with Crippen LogP contribution in [0.3, 0.4) is 0 Å². The van der Waals surface area contributed by atoms with Crippen LogP contribution in [0.15, 0.2) is 121 Å². The highest BCUT2D eigenvalue weighted by Crippen LogP contribution is 2.65. The smallest absolute Gasteiger partial charge is 0.0406 e. The topological polar surface area (TPSA) is 0 Å². The van der Waals surface area contributed by atoms with Crippen molar-refractivity contribution in [1.29, 1.82) is 0 Å². The van der Waals surface area contributed by atoms with Crippen LogP contribution < -0.4 is 21.2 Å². The normalized spacial score (nSPS) is 15.9. The molecule has 0 radical (unpaired) electrons. The first-order valence-electron chi connectivity index (χ1n) is 17.5. The fourth-order valence-corrected chi connectivity index (χ4v) is 29.1. The highest BCUT2D eigenvalue weighted by atomic mass is 33.1. The molecule has 0 aliphatic carbocycles. The molecule has 0 nitrogen and oxygen atoms in total. The quantitative estimate of drug-likeness (QED) is 0.0683. The van der Waals surface area contributed by atoms with Crippen LogP contribution in [0, 0.1) is 10.8 Å². The molecule has 0 heterocycles. The molecule has 0 aliphatic heterocycles. The Morgan fingerprint density at radius 3 is 0.840 bits per heavy atom. The van der Waals surface area contributed by atoms with Crippen LogP contribution in [0.1, 0.15) is 13.8 Å². The van der Waals surface area contributed by atoms with Gasteiger partial charge in [-0.3, -0.25) is 0 Å². The predicted molar refractivity (Wildman–Crippen MR) is 252 cm³/mol. The van der Waals surface area contributed by atoms with Gasteiger partial charge in [0.15, 0.2) is 0 Å². The van der Waals surface area contributed by atoms with E-state index in [0.29, 0.717) is 9.98 Å². The molecule has 4 aromatic rings. The Bertz CT molecular complexity index is 1330. The molecule has 8 heteroatoms. The number of rotatable bonds is 19. The summed E-state index contributed by atoms with van der Waals surface area (Å²) in [5.74, 6) is 0. The molecule has 0 saturated heterocycles. The minimum atomic E-state index is -0.455. The van der Waals surface area contributed by atoms with E-state index in [1.54, 1.807) is 0 Å². The second-order valence-electron chi connectivity index (χ2n) is 15.1. The molecule has 0 fully saturated rings. The molecule has 270 valence electrons. The molecule has 50 heavy (non-hydrogen) atoms. The largest absolute Gasteiger partial charge is 0.113 e. The van der Waals surface area contributed by atoms with E-state index in [9.17, 15) is 0 Å². The van der Waals surface area contributed by atoms with Crippen molar-refractivity contribution < 1.29 is 0 Å². The molecule has 4 atom stereocenters. The van der Waals surface area contributed by atoms with Crippen LogP contribution in [-0.4, -0.2) is 87.9 Å². The molecule has 0 amide bonds. The van der Waals surface area contributed by atoms with Crippen molar-refractivity contribution in [2.24, 2.45) is 10.8 Å². The van der Waals surface area contributed by atoms with Crippen molar-refractivity contribution in [3.05, 3.63) is 121 Å². The molecule has 4 rings (SSSR count). The number of hydrogen-bond donors (Lipinski definition) is 0. The van der Waals surface area contributed by atoms with Crippen molar-refractivity contribution in [2.45, 2.75) is 23.8 Å². The van der Waals surface area contributed by atoms with E-state index in [2.05, 4.69) is 210 Å². The highest BCUT2D eigenvalue weighted by Gasteiger charge is 2.44. The standard InChI is InChI=1S/C42H60P6S2/c1-41(31-43(3)4,33-47(35-23-15-11-16-24-35)36-25-17-12-18-26-36)39(45(7)8)49-50-40(46(9)10)42(2,32-44(5)6)34-48(37-27-19-13-20-28-37)38-29-21-14-22-30-38/h11-30,39-40H,31-34H2,1-10H3. The second-order valence-corrected chi connectivity index (χ2v) is 32.6. The third-order valence-corrected chi connectivity index (χ3v) is 27.7. The molecule has 0 N–H and O–H groups in total. The molecular formula is C42H60P6S2. The fourth-order valence-electron chi connectivity index (χ4n) is 7.43. The third-order valence-electron chi connectivity index (χ3n) is 9.03. The maximum Gasteiger partial charge on any atom is 0.0406 e. The second kappa shape index (κ2) is 20.7. The van der Waals surface area contributed by atoms with Gasteiger partial charge < -0.3 is 0 Å². The Kier molecular flexibility index (Phi) is 17.8. The predicted octanol–water partition coefficient (Wildman–Crippen LogP) is 12.3. The molecule has 4 unspecified atom stereocenters. The summed E-state index contributed by atoms with van der Waals surface area (Å²) in [7, 11) is 3.31. The average Bonchev–Trinajstić information content (AvgIpc) is 3.08. The zero-order valence-corrected chi connectivity index (χ0v) is 39.0. The summed E-state index contributed by atoms with van der Waals surface area (Å²) in [6.45, 7) is 25.7. The van der Waals surface area contributed by atoms with Crippen LogP contribution in [0.5, 0.6) is 0 Å². The SMILES string of the molecule is CP(C)CC(C)(CP(c1ccccc1)c1ccccc1)C(SSC(P(C)C)C(C)(CP(C)C)CP(c1ccccc1)c1ccccc1)P(C)C. The van der Waals surface area contributed by atoms with E-state index in [0.717, 1.165) is 0 Å².